The van der Waals surface area contributed by atoms with Crippen LogP contribution in [0.25, 0.3) is 0 Å². The molecule has 22 heavy (non-hydrogen) atoms. The first-order valence-electron chi connectivity index (χ1n) is 5.76. The van der Waals surface area contributed by atoms with E-state index >= 15 is 0 Å². The monoisotopic (exact) mass is 468 g/mol. The summed E-state index contributed by atoms with van der Waals surface area (Å²) < 4.78 is 27.5. The van der Waals surface area contributed by atoms with E-state index in [9.17, 15) is 8.78 Å². The van der Waals surface area contributed by atoms with Crippen LogP contribution in [-0.2, 0) is 0 Å². The van der Waals surface area contributed by atoms with Crippen LogP contribution in [0.3, 0.4) is 0 Å². The number of benzene rings is 2. The molecule has 0 saturated carbocycles. The second kappa shape index (κ2) is 7.64. The van der Waals surface area contributed by atoms with Gasteiger partial charge in [0.05, 0.1) is 8.95 Å². The Hall–Kier alpha value is -0.820. The van der Waals surface area contributed by atoms with E-state index < -0.39 is 11.6 Å². The lowest BCUT2D eigenvalue weighted by molar-refractivity contribution is 0.620. The molecule has 0 spiro atoms. The van der Waals surface area contributed by atoms with Gasteiger partial charge in [0, 0.05) is 11.1 Å². The summed E-state index contributed by atoms with van der Waals surface area (Å²) in [4.78, 5) is 0. The SMILES string of the molecule is Fc1cc(C(Cl)=NN=C(Cl)c2ccc(Br)c(F)c2)ccc1Br. The van der Waals surface area contributed by atoms with Gasteiger partial charge in [-0.2, -0.15) is 0 Å². The van der Waals surface area contributed by atoms with Crippen LogP contribution in [-0.4, -0.2) is 10.3 Å². The molecule has 2 nitrogen and oxygen atoms in total. The Morgan fingerprint density at radius 1 is 0.773 bits per heavy atom. The average Bonchev–Trinajstić information content (AvgIpc) is 2.50. The molecular weight excluding hydrogens is 465 g/mol. The lowest BCUT2D eigenvalue weighted by Gasteiger charge is -2.00. The lowest BCUT2D eigenvalue weighted by atomic mass is 10.2. The minimum atomic E-state index is -0.476. The quantitative estimate of drug-likeness (QED) is 0.384. The van der Waals surface area contributed by atoms with Crippen molar-refractivity contribution in [2.45, 2.75) is 0 Å². The van der Waals surface area contributed by atoms with E-state index in [-0.39, 0.29) is 10.3 Å². The van der Waals surface area contributed by atoms with Gasteiger partial charge >= 0.3 is 0 Å². The van der Waals surface area contributed by atoms with Crippen molar-refractivity contribution < 1.29 is 8.78 Å². The summed E-state index contributed by atoms with van der Waals surface area (Å²) in [6.07, 6.45) is 0. The summed E-state index contributed by atoms with van der Waals surface area (Å²) in [7, 11) is 0. The zero-order chi connectivity index (χ0) is 16.3. The molecule has 0 radical (unpaired) electrons. The van der Waals surface area contributed by atoms with Crippen LogP contribution in [0.5, 0.6) is 0 Å². The third-order valence-corrected chi connectivity index (χ3v) is 4.42. The zero-order valence-corrected chi connectivity index (χ0v) is 15.3. The molecule has 0 fully saturated rings. The van der Waals surface area contributed by atoms with Gasteiger partial charge in [0.15, 0.2) is 10.3 Å². The Morgan fingerprint density at radius 3 is 1.45 bits per heavy atom. The van der Waals surface area contributed by atoms with E-state index in [1.807, 2.05) is 0 Å². The molecule has 2 aromatic rings. The minimum absolute atomic E-state index is 0.0397. The first kappa shape index (κ1) is 17.5. The fourth-order valence-corrected chi connectivity index (χ4v) is 2.26. The summed E-state index contributed by atoms with van der Waals surface area (Å²) >= 11 is 18.0. The fraction of sp³-hybridized carbons (Fsp3) is 0. The fourth-order valence-electron chi connectivity index (χ4n) is 1.45. The van der Waals surface area contributed by atoms with Gasteiger partial charge in [-0.3, -0.25) is 0 Å². The van der Waals surface area contributed by atoms with Crippen LogP contribution >= 0.6 is 55.1 Å². The molecule has 0 amide bonds. The van der Waals surface area contributed by atoms with E-state index in [2.05, 4.69) is 42.1 Å². The number of halogens is 6. The summed E-state index contributed by atoms with van der Waals surface area (Å²) in [5.74, 6) is -0.952. The molecule has 0 aliphatic rings. The molecule has 2 rings (SSSR count). The normalized spacial score (nSPS) is 12.6. The standard InChI is InChI=1S/C14H6Br2Cl2F2N2/c15-9-3-1-7(5-11(9)19)13(17)21-22-14(18)8-2-4-10(16)12(20)6-8/h1-6H. The van der Waals surface area contributed by atoms with Gasteiger partial charge in [-0.15, -0.1) is 10.2 Å². The van der Waals surface area contributed by atoms with Crippen molar-refractivity contribution in [3.05, 3.63) is 68.1 Å². The second-order valence-corrected chi connectivity index (χ2v) is 6.46. The number of hydrogen-bond donors (Lipinski definition) is 0. The smallest absolute Gasteiger partial charge is 0.159 e. The highest BCUT2D eigenvalue weighted by atomic mass is 79.9. The first-order chi connectivity index (χ1) is 10.4. The van der Waals surface area contributed by atoms with Gasteiger partial charge < -0.3 is 0 Å². The highest BCUT2D eigenvalue weighted by Crippen LogP contribution is 2.19. The summed E-state index contributed by atoms with van der Waals surface area (Å²) in [6.45, 7) is 0. The maximum atomic E-state index is 13.4. The van der Waals surface area contributed by atoms with E-state index in [1.165, 1.54) is 24.3 Å². The van der Waals surface area contributed by atoms with Gasteiger partial charge in [-0.25, -0.2) is 8.78 Å². The third kappa shape index (κ3) is 4.35. The van der Waals surface area contributed by atoms with Crippen LogP contribution in [0, 0.1) is 11.6 Å². The van der Waals surface area contributed by atoms with Crippen LogP contribution < -0.4 is 0 Å². The third-order valence-electron chi connectivity index (χ3n) is 2.54. The molecule has 114 valence electrons. The number of nitrogens with zero attached hydrogens (tertiary/aromatic N) is 2. The number of rotatable bonds is 3. The minimum Gasteiger partial charge on any atom is -0.206 e. The van der Waals surface area contributed by atoms with Crippen molar-refractivity contribution in [3.8, 4) is 0 Å². The van der Waals surface area contributed by atoms with Gasteiger partial charge in [0.25, 0.3) is 0 Å². The second-order valence-electron chi connectivity index (χ2n) is 4.04. The number of hydrogen-bond acceptors (Lipinski definition) is 2. The zero-order valence-electron chi connectivity index (χ0n) is 10.6. The van der Waals surface area contributed by atoms with Crippen LogP contribution in [0.1, 0.15) is 11.1 Å². The Labute approximate surface area is 152 Å². The molecule has 0 heterocycles. The molecule has 0 N–H and O–H groups in total. The van der Waals surface area contributed by atoms with E-state index in [0.717, 1.165) is 0 Å². The van der Waals surface area contributed by atoms with Gasteiger partial charge in [-0.1, -0.05) is 35.3 Å². The van der Waals surface area contributed by atoms with Crippen molar-refractivity contribution >= 4 is 65.4 Å². The molecule has 0 aliphatic heterocycles. The summed E-state index contributed by atoms with van der Waals surface area (Å²) in [6, 6.07) is 8.55. The Kier molecular flexibility index (Phi) is 6.09. The van der Waals surface area contributed by atoms with Crippen LogP contribution in [0.4, 0.5) is 8.78 Å². The summed E-state index contributed by atoms with van der Waals surface area (Å²) in [5, 5.41) is 7.35. The Bertz CT molecular complexity index is 714. The van der Waals surface area contributed by atoms with Gasteiger partial charge in [0.2, 0.25) is 0 Å². The topological polar surface area (TPSA) is 24.7 Å². The molecule has 0 aromatic heterocycles. The predicted molar refractivity (Wildman–Crippen MR) is 93.0 cm³/mol. The average molecular weight is 471 g/mol. The largest absolute Gasteiger partial charge is 0.206 e. The van der Waals surface area contributed by atoms with Crippen molar-refractivity contribution in [2.75, 3.05) is 0 Å². The molecule has 2 aromatic carbocycles. The van der Waals surface area contributed by atoms with Crippen LogP contribution in [0.2, 0.25) is 0 Å². The molecule has 0 saturated heterocycles. The molecule has 0 bridgehead atoms. The molecule has 0 atom stereocenters. The predicted octanol–water partition coefficient (Wildman–Crippen LogP) is 6.08. The van der Waals surface area contributed by atoms with Gasteiger partial charge in [-0.05, 0) is 56.1 Å². The first-order valence-corrected chi connectivity index (χ1v) is 8.10. The summed E-state index contributed by atoms with van der Waals surface area (Å²) in [5.41, 5.74) is 0.690. The van der Waals surface area contributed by atoms with E-state index in [4.69, 9.17) is 23.2 Å². The maximum absolute atomic E-state index is 13.4. The van der Waals surface area contributed by atoms with Crippen molar-refractivity contribution in [2.24, 2.45) is 10.2 Å². The van der Waals surface area contributed by atoms with Crippen LogP contribution in [0.15, 0.2) is 55.5 Å². The van der Waals surface area contributed by atoms with Crippen molar-refractivity contribution in [3.63, 3.8) is 0 Å². The molecular formula is C14H6Br2Cl2F2N2. The highest BCUT2D eigenvalue weighted by Gasteiger charge is 2.07. The lowest BCUT2D eigenvalue weighted by Crippen LogP contribution is -1.95. The molecule has 0 unspecified atom stereocenters. The highest BCUT2D eigenvalue weighted by molar-refractivity contribution is 9.10. The molecule has 0 aliphatic carbocycles. The van der Waals surface area contributed by atoms with Crippen molar-refractivity contribution in [1.82, 2.24) is 0 Å². The van der Waals surface area contributed by atoms with Crippen molar-refractivity contribution in [1.29, 1.82) is 0 Å². The van der Waals surface area contributed by atoms with E-state index in [1.54, 1.807) is 12.1 Å². The Morgan fingerprint density at radius 2 is 1.14 bits per heavy atom. The maximum Gasteiger partial charge on any atom is 0.159 e. The Balaban J connectivity index is 2.27. The molecule has 8 heteroatoms. The van der Waals surface area contributed by atoms with E-state index in [0.29, 0.717) is 20.1 Å². The van der Waals surface area contributed by atoms with Gasteiger partial charge in [0.1, 0.15) is 11.6 Å².